The summed E-state index contributed by atoms with van der Waals surface area (Å²) in [6, 6.07) is 4.83. The number of nitrogens with one attached hydrogen (secondary N) is 1. The minimum Gasteiger partial charge on any atom is -0.495 e. The number of benzene rings is 1. The third-order valence-electron chi connectivity index (χ3n) is 2.37. The van der Waals surface area contributed by atoms with Crippen LogP contribution in [0.5, 0.6) is 5.75 Å². The molecule has 0 spiro atoms. The molecule has 0 radical (unpaired) electrons. The van der Waals surface area contributed by atoms with Crippen LogP contribution >= 0.6 is 11.6 Å². The fourth-order valence-electron chi connectivity index (χ4n) is 1.24. The zero-order valence-electron chi connectivity index (χ0n) is 9.98. The van der Waals surface area contributed by atoms with Gasteiger partial charge in [-0.3, -0.25) is 4.79 Å². The first kappa shape index (κ1) is 14.1. The summed E-state index contributed by atoms with van der Waals surface area (Å²) in [4.78, 5) is 11.8. The van der Waals surface area contributed by atoms with Gasteiger partial charge >= 0.3 is 0 Å². The highest BCUT2D eigenvalue weighted by Crippen LogP contribution is 2.27. The van der Waals surface area contributed by atoms with E-state index in [1.165, 1.54) is 14.0 Å². The second-order valence-electron chi connectivity index (χ2n) is 3.58. The Morgan fingerprint density at radius 2 is 2.28 bits per heavy atom. The number of nitrogens with zero attached hydrogens (tertiary/aromatic N) is 1. The average Bonchev–Trinajstić information content (AvgIpc) is 2.37. The van der Waals surface area contributed by atoms with E-state index < -0.39 is 11.8 Å². The van der Waals surface area contributed by atoms with E-state index in [1.54, 1.807) is 18.2 Å². The summed E-state index contributed by atoms with van der Waals surface area (Å²) in [6.45, 7) is 1.52. The minimum atomic E-state index is -0.765. The molecule has 0 aromatic heterocycles. The molecule has 0 saturated heterocycles. The lowest BCUT2D eigenvalue weighted by atomic mass is 10.1. The van der Waals surface area contributed by atoms with Gasteiger partial charge < -0.3 is 21.0 Å². The van der Waals surface area contributed by atoms with E-state index in [1.807, 2.05) is 0 Å². The number of nitrogens with two attached hydrogens (primary N) is 1. The van der Waals surface area contributed by atoms with Crippen molar-refractivity contribution in [2.75, 3.05) is 12.4 Å². The van der Waals surface area contributed by atoms with Crippen molar-refractivity contribution < 1.29 is 14.7 Å². The fourth-order valence-corrected chi connectivity index (χ4v) is 1.41. The van der Waals surface area contributed by atoms with Gasteiger partial charge in [-0.15, -0.1) is 0 Å². The van der Waals surface area contributed by atoms with E-state index in [9.17, 15) is 4.79 Å². The monoisotopic (exact) mass is 271 g/mol. The van der Waals surface area contributed by atoms with Crippen molar-refractivity contribution in [2.24, 2.45) is 16.8 Å². The van der Waals surface area contributed by atoms with E-state index in [-0.39, 0.29) is 5.84 Å². The van der Waals surface area contributed by atoms with Gasteiger partial charge in [0.2, 0.25) is 5.91 Å². The Bertz CT molecular complexity index is 477. The van der Waals surface area contributed by atoms with Crippen LogP contribution in [0.4, 0.5) is 5.69 Å². The molecule has 0 aliphatic rings. The fraction of sp³-hybridized carbons (Fsp3) is 0.273. The summed E-state index contributed by atoms with van der Waals surface area (Å²) in [5, 5.41) is 14.3. The van der Waals surface area contributed by atoms with Crippen molar-refractivity contribution in [3.8, 4) is 5.75 Å². The number of amides is 1. The standard InChI is InChI=1S/C11H14ClN3O3/c1-6(10(13)15-17)11(16)14-8-5-7(12)3-4-9(8)18-2/h3-6,17H,1-2H3,(H2,13,15)(H,14,16). The van der Waals surface area contributed by atoms with Crippen LogP contribution in [0.15, 0.2) is 23.4 Å². The van der Waals surface area contributed by atoms with Gasteiger partial charge in [-0.05, 0) is 25.1 Å². The quantitative estimate of drug-likeness (QED) is 0.336. The molecule has 0 heterocycles. The molecule has 1 aromatic rings. The molecule has 18 heavy (non-hydrogen) atoms. The average molecular weight is 272 g/mol. The maximum Gasteiger partial charge on any atom is 0.235 e. The molecule has 0 aliphatic carbocycles. The van der Waals surface area contributed by atoms with Crippen LogP contribution in [0.3, 0.4) is 0 Å². The Balaban J connectivity index is 2.91. The molecular weight excluding hydrogens is 258 g/mol. The number of amidine groups is 1. The highest BCUT2D eigenvalue weighted by molar-refractivity contribution is 6.31. The number of rotatable bonds is 4. The van der Waals surface area contributed by atoms with Crippen molar-refractivity contribution >= 4 is 29.0 Å². The molecule has 7 heteroatoms. The van der Waals surface area contributed by atoms with Gasteiger partial charge in [0.25, 0.3) is 0 Å². The molecule has 1 rings (SSSR count). The summed E-state index contributed by atoms with van der Waals surface area (Å²) >= 11 is 5.83. The second-order valence-corrected chi connectivity index (χ2v) is 4.02. The molecule has 6 nitrogen and oxygen atoms in total. The van der Waals surface area contributed by atoms with Gasteiger partial charge in [0, 0.05) is 5.02 Å². The van der Waals surface area contributed by atoms with E-state index in [0.717, 1.165) is 0 Å². The molecule has 1 atom stereocenters. The normalized spacial score (nSPS) is 12.9. The second kappa shape index (κ2) is 6.11. The molecule has 0 saturated carbocycles. The number of carbonyl (C=O) groups is 1. The zero-order chi connectivity index (χ0) is 13.7. The summed E-state index contributed by atoms with van der Waals surface area (Å²) in [6.07, 6.45) is 0. The predicted molar refractivity (Wildman–Crippen MR) is 69.2 cm³/mol. The molecule has 1 amide bonds. The SMILES string of the molecule is COc1ccc(Cl)cc1NC(=O)C(C)C(N)=NO. The van der Waals surface area contributed by atoms with Crippen molar-refractivity contribution in [2.45, 2.75) is 6.92 Å². The van der Waals surface area contributed by atoms with Crippen LogP contribution in [-0.4, -0.2) is 24.1 Å². The largest absolute Gasteiger partial charge is 0.495 e. The lowest BCUT2D eigenvalue weighted by Gasteiger charge is -2.13. The van der Waals surface area contributed by atoms with Crippen LogP contribution in [0, 0.1) is 5.92 Å². The zero-order valence-corrected chi connectivity index (χ0v) is 10.7. The number of ether oxygens (including phenoxy) is 1. The number of oxime groups is 1. The summed E-state index contributed by atoms with van der Waals surface area (Å²) in [7, 11) is 1.48. The van der Waals surface area contributed by atoms with Crippen LogP contribution < -0.4 is 15.8 Å². The molecular formula is C11H14ClN3O3. The van der Waals surface area contributed by atoms with Crippen LogP contribution in [0.2, 0.25) is 5.02 Å². The summed E-state index contributed by atoms with van der Waals surface area (Å²) in [5.74, 6) is -0.891. The molecule has 1 unspecified atom stereocenters. The Hall–Kier alpha value is -1.95. The van der Waals surface area contributed by atoms with Gasteiger partial charge in [-0.1, -0.05) is 16.8 Å². The third kappa shape index (κ3) is 3.27. The van der Waals surface area contributed by atoms with Crippen LogP contribution in [-0.2, 0) is 4.79 Å². The first-order valence-electron chi connectivity index (χ1n) is 5.11. The highest BCUT2D eigenvalue weighted by atomic mass is 35.5. The van der Waals surface area contributed by atoms with Crippen LogP contribution in [0.1, 0.15) is 6.92 Å². The topological polar surface area (TPSA) is 96.9 Å². The number of carbonyl (C=O) groups excluding carboxylic acids is 1. The number of hydrogen-bond acceptors (Lipinski definition) is 4. The number of anilines is 1. The van der Waals surface area contributed by atoms with E-state index in [0.29, 0.717) is 16.5 Å². The van der Waals surface area contributed by atoms with E-state index >= 15 is 0 Å². The van der Waals surface area contributed by atoms with Crippen molar-refractivity contribution in [1.29, 1.82) is 0 Å². The van der Waals surface area contributed by atoms with Gasteiger partial charge in [0.05, 0.1) is 18.7 Å². The number of methoxy groups -OCH3 is 1. The Morgan fingerprint density at radius 3 is 2.83 bits per heavy atom. The first-order chi connectivity index (χ1) is 8.49. The Morgan fingerprint density at radius 1 is 1.61 bits per heavy atom. The smallest absolute Gasteiger partial charge is 0.235 e. The van der Waals surface area contributed by atoms with Gasteiger partial charge in [-0.25, -0.2) is 0 Å². The van der Waals surface area contributed by atoms with Crippen molar-refractivity contribution in [1.82, 2.24) is 0 Å². The van der Waals surface area contributed by atoms with Crippen LogP contribution in [0.25, 0.3) is 0 Å². The molecule has 0 bridgehead atoms. The number of hydrogen-bond donors (Lipinski definition) is 3. The molecule has 1 aromatic carbocycles. The van der Waals surface area contributed by atoms with Gasteiger partial charge in [0.1, 0.15) is 5.75 Å². The van der Waals surface area contributed by atoms with Crippen molar-refractivity contribution in [3.05, 3.63) is 23.2 Å². The molecule has 4 N–H and O–H groups in total. The summed E-state index contributed by atoms with van der Waals surface area (Å²) < 4.78 is 5.08. The highest BCUT2D eigenvalue weighted by Gasteiger charge is 2.19. The van der Waals surface area contributed by atoms with E-state index in [4.69, 9.17) is 27.3 Å². The van der Waals surface area contributed by atoms with E-state index in [2.05, 4.69) is 10.5 Å². The van der Waals surface area contributed by atoms with Crippen molar-refractivity contribution in [3.63, 3.8) is 0 Å². The minimum absolute atomic E-state index is 0.173. The molecule has 98 valence electrons. The van der Waals surface area contributed by atoms with Gasteiger partial charge in [-0.2, -0.15) is 0 Å². The molecule has 0 fully saturated rings. The first-order valence-corrected chi connectivity index (χ1v) is 5.49. The summed E-state index contributed by atoms with van der Waals surface area (Å²) in [5.41, 5.74) is 5.78. The maximum atomic E-state index is 11.8. The lowest BCUT2D eigenvalue weighted by molar-refractivity contribution is -0.117. The maximum absolute atomic E-state index is 11.8. The van der Waals surface area contributed by atoms with Gasteiger partial charge in [0.15, 0.2) is 5.84 Å². The Labute approximate surface area is 109 Å². The number of halogens is 1. The predicted octanol–water partition coefficient (Wildman–Crippen LogP) is 1.67. The Kier molecular flexibility index (Phi) is 4.79. The lowest BCUT2D eigenvalue weighted by Crippen LogP contribution is -2.32. The molecule has 0 aliphatic heterocycles. The third-order valence-corrected chi connectivity index (χ3v) is 2.61.